The Bertz CT molecular complexity index is 906. The van der Waals surface area contributed by atoms with Crippen molar-refractivity contribution in [3.05, 3.63) is 59.3 Å². The molecule has 3 nitrogen and oxygen atoms in total. The van der Waals surface area contributed by atoms with E-state index in [1.165, 1.54) is 5.56 Å². The first-order chi connectivity index (χ1) is 11.1. The smallest absolute Gasteiger partial charge is 0.174 e. The zero-order valence-electron chi connectivity index (χ0n) is 13.6. The van der Waals surface area contributed by atoms with Gasteiger partial charge in [-0.25, -0.2) is 0 Å². The number of rotatable bonds is 3. The van der Waals surface area contributed by atoms with E-state index in [4.69, 9.17) is 10.00 Å². The number of nitriles is 1. The van der Waals surface area contributed by atoms with E-state index in [0.29, 0.717) is 0 Å². The third-order valence-corrected chi connectivity index (χ3v) is 3.91. The predicted molar refractivity (Wildman–Crippen MR) is 92.5 cm³/mol. The molecule has 1 heterocycles. The van der Waals surface area contributed by atoms with Gasteiger partial charge in [-0.2, -0.15) is 5.26 Å². The Balaban J connectivity index is 2.29. The monoisotopic (exact) mass is 302 g/mol. The zero-order valence-corrected chi connectivity index (χ0v) is 13.6. The number of fused-ring (bicyclic) bond motifs is 1. The Kier molecular flexibility index (Phi) is 3.99. The summed E-state index contributed by atoms with van der Waals surface area (Å²) in [5, 5.41) is 9.90. The lowest BCUT2D eigenvalue weighted by molar-refractivity contribution is 0.373. The van der Waals surface area contributed by atoms with Crippen molar-refractivity contribution in [3.8, 4) is 22.9 Å². The van der Waals surface area contributed by atoms with Crippen LogP contribution in [0.2, 0.25) is 0 Å². The molecule has 0 saturated carbocycles. The van der Waals surface area contributed by atoms with E-state index in [-0.39, 0.29) is 6.61 Å². The summed E-state index contributed by atoms with van der Waals surface area (Å²) in [6.45, 7) is 6.18. The minimum atomic E-state index is 0.0191. The Labute approximate surface area is 136 Å². The fraction of sp³-hybridized carbons (Fsp3) is 0.200. The van der Waals surface area contributed by atoms with E-state index in [1.54, 1.807) is 0 Å². The van der Waals surface area contributed by atoms with Crippen LogP contribution in [-0.4, -0.2) is 11.6 Å². The number of hydrogen-bond acceptors (Lipinski definition) is 3. The van der Waals surface area contributed by atoms with Gasteiger partial charge in [-0.1, -0.05) is 35.9 Å². The summed E-state index contributed by atoms with van der Waals surface area (Å²) in [7, 11) is 0. The molecule has 0 unspecified atom stereocenters. The van der Waals surface area contributed by atoms with Crippen LogP contribution in [0, 0.1) is 32.1 Å². The minimum absolute atomic E-state index is 0.0191. The predicted octanol–water partition coefficient (Wildman–Crippen LogP) is 4.73. The van der Waals surface area contributed by atoms with Gasteiger partial charge in [0, 0.05) is 17.1 Å². The maximum Gasteiger partial charge on any atom is 0.174 e. The molecule has 3 aromatic rings. The molecule has 0 aliphatic carbocycles. The van der Waals surface area contributed by atoms with Gasteiger partial charge in [0.2, 0.25) is 0 Å². The van der Waals surface area contributed by atoms with E-state index < -0.39 is 0 Å². The summed E-state index contributed by atoms with van der Waals surface area (Å²) in [4.78, 5) is 4.61. The van der Waals surface area contributed by atoms with Crippen molar-refractivity contribution in [2.45, 2.75) is 20.8 Å². The van der Waals surface area contributed by atoms with Crippen LogP contribution in [-0.2, 0) is 0 Å². The normalized spacial score (nSPS) is 10.5. The van der Waals surface area contributed by atoms with Gasteiger partial charge in [-0.15, -0.1) is 0 Å². The Hall–Kier alpha value is -2.86. The number of ether oxygens (including phenoxy) is 1. The van der Waals surface area contributed by atoms with Crippen LogP contribution in [0.4, 0.5) is 0 Å². The molecule has 0 spiro atoms. The van der Waals surface area contributed by atoms with Gasteiger partial charge >= 0.3 is 0 Å². The topological polar surface area (TPSA) is 45.9 Å². The van der Waals surface area contributed by atoms with Crippen LogP contribution < -0.4 is 4.74 Å². The van der Waals surface area contributed by atoms with Crippen LogP contribution >= 0.6 is 0 Å². The number of hydrogen-bond donors (Lipinski definition) is 0. The summed E-state index contributed by atoms with van der Waals surface area (Å²) < 4.78 is 5.80. The number of aryl methyl sites for hydroxylation is 3. The maximum absolute atomic E-state index is 8.92. The van der Waals surface area contributed by atoms with Gasteiger partial charge in [0.1, 0.15) is 11.8 Å². The molecule has 0 aliphatic heterocycles. The summed E-state index contributed by atoms with van der Waals surface area (Å²) in [6.07, 6.45) is 1.83. The lowest BCUT2D eigenvalue weighted by atomic mass is 9.99. The Morgan fingerprint density at radius 2 is 1.78 bits per heavy atom. The second-order valence-corrected chi connectivity index (χ2v) is 5.79. The van der Waals surface area contributed by atoms with Crippen LogP contribution in [0.1, 0.15) is 16.7 Å². The molecule has 0 saturated heterocycles. The molecule has 0 radical (unpaired) electrons. The highest BCUT2D eigenvalue weighted by Crippen LogP contribution is 2.37. The Morgan fingerprint density at radius 1 is 1.04 bits per heavy atom. The summed E-state index contributed by atoms with van der Waals surface area (Å²) in [5.74, 6) is 0.734. The SMILES string of the molecule is Cc1ccc(-c2cnc3cc(C)cc(C)c3c2OCC#N)cc1. The lowest BCUT2D eigenvalue weighted by Gasteiger charge is -2.15. The van der Waals surface area contributed by atoms with Crippen LogP contribution in [0.15, 0.2) is 42.6 Å². The fourth-order valence-corrected chi connectivity index (χ4v) is 2.86. The highest BCUT2D eigenvalue weighted by atomic mass is 16.5. The molecule has 3 heteroatoms. The van der Waals surface area contributed by atoms with Crippen molar-refractivity contribution < 1.29 is 4.74 Å². The van der Waals surface area contributed by atoms with Gasteiger partial charge in [-0.3, -0.25) is 4.98 Å². The van der Waals surface area contributed by atoms with Crippen molar-refractivity contribution in [2.24, 2.45) is 0 Å². The summed E-state index contributed by atoms with van der Waals surface area (Å²) >= 11 is 0. The van der Waals surface area contributed by atoms with Crippen molar-refractivity contribution in [1.29, 1.82) is 5.26 Å². The van der Waals surface area contributed by atoms with E-state index in [0.717, 1.165) is 38.9 Å². The van der Waals surface area contributed by atoms with Crippen molar-refractivity contribution in [3.63, 3.8) is 0 Å². The lowest BCUT2D eigenvalue weighted by Crippen LogP contribution is -1.99. The van der Waals surface area contributed by atoms with Crippen molar-refractivity contribution in [1.82, 2.24) is 4.98 Å². The fourth-order valence-electron chi connectivity index (χ4n) is 2.86. The number of pyridine rings is 1. The summed E-state index contributed by atoms with van der Waals surface area (Å²) in [6, 6.07) is 14.5. The quantitative estimate of drug-likeness (QED) is 0.702. The molecular formula is C20H18N2O. The number of nitrogens with zero attached hydrogens (tertiary/aromatic N) is 2. The molecule has 1 aromatic heterocycles. The van der Waals surface area contributed by atoms with Crippen LogP contribution in [0.25, 0.3) is 22.0 Å². The number of aromatic nitrogens is 1. The molecule has 0 bridgehead atoms. The van der Waals surface area contributed by atoms with Gasteiger partial charge in [0.25, 0.3) is 0 Å². The average Bonchev–Trinajstić information content (AvgIpc) is 2.53. The van der Waals surface area contributed by atoms with Crippen molar-refractivity contribution in [2.75, 3.05) is 6.61 Å². The average molecular weight is 302 g/mol. The number of benzene rings is 2. The minimum Gasteiger partial charge on any atom is -0.477 e. The van der Waals surface area contributed by atoms with E-state index in [2.05, 4.69) is 62.2 Å². The first-order valence-electron chi connectivity index (χ1n) is 7.57. The molecule has 3 rings (SSSR count). The van der Waals surface area contributed by atoms with E-state index in [1.807, 2.05) is 12.3 Å². The second-order valence-electron chi connectivity index (χ2n) is 5.79. The Morgan fingerprint density at radius 3 is 2.48 bits per heavy atom. The molecular weight excluding hydrogens is 284 g/mol. The molecule has 0 fully saturated rings. The second kappa shape index (κ2) is 6.10. The molecule has 0 amide bonds. The molecule has 114 valence electrons. The molecule has 23 heavy (non-hydrogen) atoms. The van der Waals surface area contributed by atoms with E-state index >= 15 is 0 Å². The first kappa shape index (κ1) is 15.1. The summed E-state index contributed by atoms with van der Waals surface area (Å²) in [5.41, 5.74) is 6.32. The third kappa shape index (κ3) is 2.89. The largest absolute Gasteiger partial charge is 0.477 e. The van der Waals surface area contributed by atoms with Gasteiger partial charge in [0.05, 0.1) is 5.52 Å². The maximum atomic E-state index is 8.92. The van der Waals surface area contributed by atoms with Crippen LogP contribution in [0.3, 0.4) is 0 Å². The zero-order chi connectivity index (χ0) is 16.4. The van der Waals surface area contributed by atoms with Gasteiger partial charge < -0.3 is 4.74 Å². The third-order valence-electron chi connectivity index (χ3n) is 3.91. The first-order valence-corrected chi connectivity index (χ1v) is 7.57. The molecule has 0 atom stereocenters. The van der Waals surface area contributed by atoms with E-state index in [9.17, 15) is 0 Å². The molecule has 0 aliphatic rings. The van der Waals surface area contributed by atoms with Crippen molar-refractivity contribution >= 4 is 10.9 Å². The highest BCUT2D eigenvalue weighted by molar-refractivity contribution is 5.94. The van der Waals surface area contributed by atoms with Crippen LogP contribution in [0.5, 0.6) is 5.75 Å². The molecule has 0 N–H and O–H groups in total. The highest BCUT2D eigenvalue weighted by Gasteiger charge is 2.14. The standard InChI is InChI=1S/C20H18N2O/c1-13-4-6-16(7-5-13)17-12-22-18-11-14(2)10-15(3)19(18)20(17)23-9-8-21/h4-7,10-12H,9H2,1-3H3. The molecule has 2 aromatic carbocycles. The van der Waals surface area contributed by atoms with Gasteiger partial charge in [-0.05, 0) is 43.5 Å². The van der Waals surface area contributed by atoms with Gasteiger partial charge in [0.15, 0.2) is 6.61 Å².